The summed E-state index contributed by atoms with van der Waals surface area (Å²) in [5, 5.41) is 6.45. The first-order valence-electron chi connectivity index (χ1n) is 6.48. The topological polar surface area (TPSA) is 41.1 Å². The van der Waals surface area contributed by atoms with Crippen LogP contribution in [0.25, 0.3) is 0 Å². The first-order chi connectivity index (χ1) is 7.79. The zero-order chi connectivity index (χ0) is 11.4. The Morgan fingerprint density at radius 2 is 2.19 bits per heavy atom. The van der Waals surface area contributed by atoms with Crippen LogP contribution in [-0.2, 0) is 4.79 Å². The average molecular weight is 222 g/mol. The number of nitrogens with one attached hydrogen (secondary N) is 2. The number of piperidine rings is 1. The lowest BCUT2D eigenvalue weighted by molar-refractivity contribution is -0.124. The second-order valence-electron chi connectivity index (χ2n) is 4.95. The monoisotopic (exact) mass is 222 g/mol. The number of rotatable bonds is 3. The van der Waals surface area contributed by atoms with Gasteiger partial charge in [0.25, 0.3) is 0 Å². The van der Waals surface area contributed by atoms with Gasteiger partial charge in [-0.2, -0.15) is 0 Å². The predicted octanol–water partition coefficient (Wildman–Crippen LogP) is 1.60. The van der Waals surface area contributed by atoms with Gasteiger partial charge >= 0.3 is 0 Å². The molecule has 3 nitrogen and oxygen atoms in total. The van der Waals surface area contributed by atoms with Gasteiger partial charge in [-0.05, 0) is 38.1 Å². The molecule has 1 heterocycles. The van der Waals surface area contributed by atoms with Gasteiger partial charge in [0, 0.05) is 6.04 Å². The molecular formula is C13H22N2O. The SMILES string of the molecule is CCC1CCNC(C(=O)NC2CC=CC2)C1. The Morgan fingerprint density at radius 1 is 1.44 bits per heavy atom. The summed E-state index contributed by atoms with van der Waals surface area (Å²) in [6, 6.07) is 0.385. The summed E-state index contributed by atoms with van der Waals surface area (Å²) in [6.07, 6.45) is 9.69. The Balaban J connectivity index is 1.79. The Bertz CT molecular complexity index is 267. The largest absolute Gasteiger partial charge is 0.351 e. The molecule has 1 aliphatic heterocycles. The normalized spacial score (nSPS) is 30.6. The molecule has 1 saturated heterocycles. The standard InChI is InChI=1S/C13H22N2O/c1-2-10-7-8-14-12(9-10)13(16)15-11-5-3-4-6-11/h3-4,10-12,14H,2,5-9H2,1H3,(H,15,16). The third-order valence-electron chi connectivity index (χ3n) is 3.76. The first kappa shape index (κ1) is 11.6. The maximum absolute atomic E-state index is 12.0. The van der Waals surface area contributed by atoms with Crippen molar-refractivity contribution >= 4 is 5.91 Å². The number of amides is 1. The molecule has 2 atom stereocenters. The van der Waals surface area contributed by atoms with Crippen LogP contribution in [0.2, 0.25) is 0 Å². The molecule has 2 N–H and O–H groups in total. The Kier molecular flexibility index (Phi) is 3.99. The molecule has 0 radical (unpaired) electrons. The van der Waals surface area contributed by atoms with Gasteiger partial charge in [-0.25, -0.2) is 0 Å². The fraction of sp³-hybridized carbons (Fsp3) is 0.769. The van der Waals surface area contributed by atoms with E-state index in [0.717, 1.165) is 31.7 Å². The van der Waals surface area contributed by atoms with E-state index in [1.54, 1.807) is 0 Å². The zero-order valence-corrected chi connectivity index (χ0v) is 10.0. The second-order valence-corrected chi connectivity index (χ2v) is 4.95. The van der Waals surface area contributed by atoms with Gasteiger partial charge in [-0.1, -0.05) is 25.5 Å². The quantitative estimate of drug-likeness (QED) is 0.712. The van der Waals surface area contributed by atoms with Crippen molar-refractivity contribution in [3.8, 4) is 0 Å². The molecule has 90 valence electrons. The maximum Gasteiger partial charge on any atom is 0.237 e. The van der Waals surface area contributed by atoms with Gasteiger partial charge in [0.1, 0.15) is 0 Å². The van der Waals surface area contributed by atoms with Gasteiger partial charge in [-0.15, -0.1) is 0 Å². The highest BCUT2D eigenvalue weighted by Gasteiger charge is 2.27. The van der Waals surface area contributed by atoms with E-state index in [1.807, 2.05) is 0 Å². The number of hydrogen-bond donors (Lipinski definition) is 2. The lowest BCUT2D eigenvalue weighted by Gasteiger charge is -2.29. The minimum absolute atomic E-state index is 0.0410. The fourth-order valence-corrected chi connectivity index (χ4v) is 2.60. The zero-order valence-electron chi connectivity index (χ0n) is 10.0. The molecule has 0 spiro atoms. The lowest BCUT2D eigenvalue weighted by Crippen LogP contribution is -2.50. The van der Waals surface area contributed by atoms with Crippen LogP contribution in [0.1, 0.15) is 39.0 Å². The van der Waals surface area contributed by atoms with Gasteiger partial charge in [0.2, 0.25) is 5.91 Å². The van der Waals surface area contributed by atoms with Crippen molar-refractivity contribution in [1.29, 1.82) is 0 Å². The van der Waals surface area contributed by atoms with Gasteiger partial charge in [0.05, 0.1) is 6.04 Å². The van der Waals surface area contributed by atoms with Crippen LogP contribution in [0, 0.1) is 5.92 Å². The minimum atomic E-state index is 0.0410. The molecule has 1 amide bonds. The molecule has 16 heavy (non-hydrogen) atoms. The molecule has 0 bridgehead atoms. The van der Waals surface area contributed by atoms with E-state index in [4.69, 9.17) is 0 Å². The van der Waals surface area contributed by atoms with Crippen molar-refractivity contribution in [2.24, 2.45) is 5.92 Å². The summed E-state index contributed by atoms with van der Waals surface area (Å²) in [6.45, 7) is 3.20. The van der Waals surface area contributed by atoms with Crippen molar-refractivity contribution in [2.45, 2.75) is 51.1 Å². The molecule has 0 aromatic heterocycles. The molecule has 0 aromatic carbocycles. The summed E-state index contributed by atoms with van der Waals surface area (Å²) in [4.78, 5) is 12.0. The summed E-state index contributed by atoms with van der Waals surface area (Å²) in [5.41, 5.74) is 0. The van der Waals surface area contributed by atoms with Crippen molar-refractivity contribution in [3.05, 3.63) is 12.2 Å². The molecule has 2 unspecified atom stereocenters. The predicted molar refractivity (Wildman–Crippen MR) is 65.1 cm³/mol. The van der Waals surface area contributed by atoms with Crippen molar-refractivity contribution in [3.63, 3.8) is 0 Å². The van der Waals surface area contributed by atoms with Crippen LogP contribution in [0.4, 0.5) is 0 Å². The molecule has 2 rings (SSSR count). The second kappa shape index (κ2) is 5.48. The number of carbonyl (C=O) groups is 1. The van der Waals surface area contributed by atoms with Gasteiger partial charge in [0.15, 0.2) is 0 Å². The summed E-state index contributed by atoms with van der Waals surface area (Å²) in [7, 11) is 0. The van der Waals surface area contributed by atoms with E-state index in [9.17, 15) is 4.79 Å². The van der Waals surface area contributed by atoms with Gasteiger partial charge in [-0.3, -0.25) is 4.79 Å². The Hall–Kier alpha value is -0.830. The molecule has 1 fully saturated rings. The third-order valence-corrected chi connectivity index (χ3v) is 3.76. The highest BCUT2D eigenvalue weighted by Crippen LogP contribution is 2.19. The van der Waals surface area contributed by atoms with E-state index in [2.05, 4.69) is 29.7 Å². The molecular weight excluding hydrogens is 200 g/mol. The Morgan fingerprint density at radius 3 is 2.88 bits per heavy atom. The third kappa shape index (κ3) is 2.85. The molecule has 1 aliphatic carbocycles. The first-order valence-corrected chi connectivity index (χ1v) is 6.48. The smallest absolute Gasteiger partial charge is 0.237 e. The van der Waals surface area contributed by atoms with Crippen molar-refractivity contribution in [2.75, 3.05) is 6.54 Å². The van der Waals surface area contributed by atoms with Crippen molar-refractivity contribution < 1.29 is 4.79 Å². The molecule has 0 saturated carbocycles. The lowest BCUT2D eigenvalue weighted by atomic mass is 9.90. The van der Waals surface area contributed by atoms with E-state index < -0.39 is 0 Å². The summed E-state index contributed by atoms with van der Waals surface area (Å²) in [5.74, 6) is 0.922. The van der Waals surface area contributed by atoms with Crippen LogP contribution in [0.3, 0.4) is 0 Å². The van der Waals surface area contributed by atoms with Gasteiger partial charge < -0.3 is 10.6 Å². The van der Waals surface area contributed by atoms with Crippen LogP contribution < -0.4 is 10.6 Å². The highest BCUT2D eigenvalue weighted by molar-refractivity contribution is 5.82. The summed E-state index contributed by atoms with van der Waals surface area (Å²) >= 11 is 0. The maximum atomic E-state index is 12.0. The van der Waals surface area contributed by atoms with Crippen LogP contribution in [-0.4, -0.2) is 24.5 Å². The molecule has 3 heteroatoms. The van der Waals surface area contributed by atoms with E-state index >= 15 is 0 Å². The number of hydrogen-bond acceptors (Lipinski definition) is 2. The van der Waals surface area contributed by atoms with Crippen LogP contribution in [0.5, 0.6) is 0 Å². The fourth-order valence-electron chi connectivity index (χ4n) is 2.60. The molecule has 0 aromatic rings. The van der Waals surface area contributed by atoms with E-state index in [0.29, 0.717) is 6.04 Å². The average Bonchev–Trinajstić information content (AvgIpc) is 2.82. The highest BCUT2D eigenvalue weighted by atomic mass is 16.2. The van der Waals surface area contributed by atoms with Crippen molar-refractivity contribution in [1.82, 2.24) is 10.6 Å². The van der Waals surface area contributed by atoms with E-state index in [-0.39, 0.29) is 11.9 Å². The Labute approximate surface area is 97.7 Å². The van der Waals surface area contributed by atoms with E-state index in [1.165, 1.54) is 12.8 Å². The van der Waals surface area contributed by atoms with Crippen LogP contribution >= 0.6 is 0 Å². The number of carbonyl (C=O) groups excluding carboxylic acids is 1. The summed E-state index contributed by atoms with van der Waals surface area (Å²) < 4.78 is 0. The minimum Gasteiger partial charge on any atom is -0.351 e. The molecule has 2 aliphatic rings. The van der Waals surface area contributed by atoms with Crippen LogP contribution in [0.15, 0.2) is 12.2 Å².